The highest BCUT2D eigenvalue weighted by molar-refractivity contribution is 6.30. The van der Waals surface area contributed by atoms with E-state index in [9.17, 15) is 9.90 Å². The Labute approximate surface area is 156 Å². The molecule has 1 aliphatic rings. The predicted molar refractivity (Wildman–Crippen MR) is 103 cm³/mol. The van der Waals surface area contributed by atoms with E-state index >= 15 is 0 Å². The molecule has 1 saturated heterocycles. The molecule has 132 valence electrons. The van der Waals surface area contributed by atoms with Gasteiger partial charge in [0.1, 0.15) is 17.0 Å². The molecule has 0 aliphatic carbocycles. The number of aromatic nitrogens is 1. The molecule has 0 radical (unpaired) electrons. The molecular weight excluding hydrogens is 350 g/mol. The van der Waals surface area contributed by atoms with Gasteiger partial charge in [0.05, 0.1) is 0 Å². The van der Waals surface area contributed by atoms with Crippen LogP contribution < -0.4 is 4.90 Å². The highest BCUT2D eigenvalue weighted by atomic mass is 35.5. The lowest BCUT2D eigenvalue weighted by atomic mass is 10.1. The van der Waals surface area contributed by atoms with E-state index in [0.717, 1.165) is 24.2 Å². The first-order valence-corrected chi connectivity index (χ1v) is 8.88. The van der Waals surface area contributed by atoms with E-state index in [1.165, 1.54) is 0 Å². The fraction of sp³-hybridized carbons (Fsp3) is 0.200. The number of nitrogens with zero attached hydrogens (tertiary/aromatic N) is 3. The normalized spacial score (nSPS) is 14.7. The van der Waals surface area contributed by atoms with Crippen molar-refractivity contribution in [2.24, 2.45) is 0 Å². The number of carbonyl (C=O) groups is 1. The molecule has 6 heteroatoms. The van der Waals surface area contributed by atoms with Gasteiger partial charge in [-0.15, -0.1) is 0 Å². The molecule has 1 fully saturated rings. The maximum Gasteiger partial charge on any atom is 0.272 e. The maximum absolute atomic E-state index is 12.8. The number of halogens is 1. The van der Waals surface area contributed by atoms with Crippen LogP contribution in [0.3, 0.4) is 0 Å². The number of hydrogen-bond donors (Lipinski definition) is 1. The monoisotopic (exact) mass is 367 g/mol. The van der Waals surface area contributed by atoms with Gasteiger partial charge in [0, 0.05) is 42.3 Å². The van der Waals surface area contributed by atoms with Crippen molar-refractivity contribution in [2.45, 2.75) is 0 Å². The second-order valence-electron chi connectivity index (χ2n) is 6.30. The van der Waals surface area contributed by atoms with E-state index in [4.69, 9.17) is 11.6 Å². The summed E-state index contributed by atoms with van der Waals surface area (Å²) in [6, 6.07) is 16.5. The minimum absolute atomic E-state index is 0.0860. The van der Waals surface area contributed by atoms with E-state index in [-0.39, 0.29) is 11.7 Å². The number of phenolic OH excluding ortho intramolecular Hbond substituents is 1. The molecular formula is C20H18ClN3O2. The van der Waals surface area contributed by atoms with Crippen LogP contribution >= 0.6 is 11.6 Å². The van der Waals surface area contributed by atoms with E-state index < -0.39 is 0 Å². The van der Waals surface area contributed by atoms with Gasteiger partial charge in [0.2, 0.25) is 0 Å². The largest absolute Gasteiger partial charge is 0.506 e. The lowest BCUT2D eigenvalue weighted by Crippen LogP contribution is -2.49. The van der Waals surface area contributed by atoms with Crippen molar-refractivity contribution in [1.29, 1.82) is 0 Å². The van der Waals surface area contributed by atoms with Crippen LogP contribution in [-0.4, -0.2) is 47.1 Å². The van der Waals surface area contributed by atoms with Crippen LogP contribution in [0.2, 0.25) is 5.02 Å². The van der Waals surface area contributed by atoms with Gasteiger partial charge < -0.3 is 14.9 Å². The Morgan fingerprint density at radius 2 is 1.77 bits per heavy atom. The van der Waals surface area contributed by atoms with Crippen LogP contribution in [0.25, 0.3) is 10.9 Å². The quantitative estimate of drug-likeness (QED) is 0.752. The molecule has 0 bridgehead atoms. The SMILES string of the molecule is O=C(c1ccc2cccc(O)c2n1)N1CCN(c2cccc(Cl)c2)CC1. The van der Waals surface area contributed by atoms with Crippen molar-refractivity contribution in [1.82, 2.24) is 9.88 Å². The van der Waals surface area contributed by atoms with Gasteiger partial charge in [-0.1, -0.05) is 35.9 Å². The number of para-hydroxylation sites is 1. The van der Waals surface area contributed by atoms with Crippen molar-refractivity contribution in [3.63, 3.8) is 0 Å². The van der Waals surface area contributed by atoms with Gasteiger partial charge in [-0.25, -0.2) is 4.98 Å². The first kappa shape index (κ1) is 16.7. The Hall–Kier alpha value is -2.79. The molecule has 5 nitrogen and oxygen atoms in total. The zero-order valence-corrected chi connectivity index (χ0v) is 14.9. The van der Waals surface area contributed by atoms with Crippen molar-refractivity contribution >= 4 is 34.1 Å². The fourth-order valence-electron chi connectivity index (χ4n) is 3.25. The van der Waals surface area contributed by atoms with E-state index in [1.54, 1.807) is 23.1 Å². The van der Waals surface area contributed by atoms with Gasteiger partial charge >= 0.3 is 0 Å². The third-order valence-corrected chi connectivity index (χ3v) is 4.89. The Morgan fingerprint density at radius 3 is 2.54 bits per heavy atom. The van der Waals surface area contributed by atoms with Crippen LogP contribution in [0.5, 0.6) is 5.75 Å². The zero-order valence-electron chi connectivity index (χ0n) is 14.1. The molecule has 0 saturated carbocycles. The smallest absolute Gasteiger partial charge is 0.272 e. The highest BCUT2D eigenvalue weighted by Crippen LogP contribution is 2.24. The topological polar surface area (TPSA) is 56.7 Å². The highest BCUT2D eigenvalue weighted by Gasteiger charge is 2.23. The first-order chi connectivity index (χ1) is 12.6. The van der Waals surface area contributed by atoms with Gasteiger partial charge in [-0.2, -0.15) is 0 Å². The number of piperazine rings is 1. The lowest BCUT2D eigenvalue weighted by Gasteiger charge is -2.36. The Balaban J connectivity index is 1.49. The number of pyridine rings is 1. The van der Waals surface area contributed by atoms with Crippen molar-refractivity contribution in [3.05, 3.63) is 65.3 Å². The Morgan fingerprint density at radius 1 is 1.00 bits per heavy atom. The second-order valence-corrected chi connectivity index (χ2v) is 6.74. The van der Waals surface area contributed by atoms with Crippen LogP contribution in [0.1, 0.15) is 10.5 Å². The average molecular weight is 368 g/mol. The third-order valence-electron chi connectivity index (χ3n) is 4.66. The van der Waals surface area contributed by atoms with Gasteiger partial charge in [-0.05, 0) is 30.3 Å². The van der Waals surface area contributed by atoms with Crippen molar-refractivity contribution in [3.8, 4) is 5.75 Å². The summed E-state index contributed by atoms with van der Waals surface area (Å²) in [4.78, 5) is 21.2. The van der Waals surface area contributed by atoms with Gasteiger partial charge in [-0.3, -0.25) is 4.79 Å². The average Bonchev–Trinajstić information content (AvgIpc) is 2.68. The molecule has 2 heterocycles. The van der Waals surface area contributed by atoms with Gasteiger partial charge in [0.25, 0.3) is 5.91 Å². The minimum atomic E-state index is -0.110. The molecule has 26 heavy (non-hydrogen) atoms. The molecule has 4 rings (SSSR count). The molecule has 1 aromatic heterocycles. The summed E-state index contributed by atoms with van der Waals surface area (Å²) in [6.07, 6.45) is 0. The summed E-state index contributed by atoms with van der Waals surface area (Å²) in [5, 5.41) is 11.5. The summed E-state index contributed by atoms with van der Waals surface area (Å²) in [6.45, 7) is 2.72. The maximum atomic E-state index is 12.8. The first-order valence-electron chi connectivity index (χ1n) is 8.50. The Bertz CT molecular complexity index is 968. The number of fused-ring (bicyclic) bond motifs is 1. The minimum Gasteiger partial charge on any atom is -0.506 e. The van der Waals surface area contributed by atoms with E-state index in [1.807, 2.05) is 36.4 Å². The van der Waals surface area contributed by atoms with Crippen LogP contribution in [-0.2, 0) is 0 Å². The van der Waals surface area contributed by atoms with Crippen molar-refractivity contribution in [2.75, 3.05) is 31.1 Å². The van der Waals surface area contributed by atoms with Gasteiger partial charge in [0.15, 0.2) is 0 Å². The second kappa shape index (κ2) is 6.84. The summed E-state index contributed by atoms with van der Waals surface area (Å²) in [5.41, 5.74) is 1.88. The Kier molecular flexibility index (Phi) is 4.39. The number of aromatic hydroxyl groups is 1. The number of benzene rings is 2. The number of hydrogen-bond acceptors (Lipinski definition) is 4. The van der Waals surface area contributed by atoms with E-state index in [0.29, 0.717) is 29.3 Å². The summed E-state index contributed by atoms with van der Waals surface area (Å²) >= 11 is 6.06. The third kappa shape index (κ3) is 3.18. The standard InChI is InChI=1S/C20H18ClN3O2/c21-15-4-2-5-16(13-15)23-9-11-24(12-10-23)20(26)17-8-7-14-3-1-6-18(25)19(14)22-17/h1-8,13,25H,9-12H2. The molecule has 0 spiro atoms. The molecule has 1 aliphatic heterocycles. The summed E-state index contributed by atoms with van der Waals surface area (Å²) in [5.74, 6) is -0.0242. The van der Waals surface area contributed by atoms with Crippen LogP contribution in [0.4, 0.5) is 5.69 Å². The number of phenols is 1. The fourth-order valence-corrected chi connectivity index (χ4v) is 3.44. The molecule has 3 aromatic rings. The molecule has 1 N–H and O–H groups in total. The zero-order chi connectivity index (χ0) is 18.1. The molecule has 0 unspecified atom stereocenters. The molecule has 1 amide bonds. The van der Waals surface area contributed by atoms with E-state index in [2.05, 4.69) is 9.88 Å². The lowest BCUT2D eigenvalue weighted by molar-refractivity contribution is 0.0741. The van der Waals surface area contributed by atoms with Crippen LogP contribution in [0.15, 0.2) is 54.6 Å². The van der Waals surface area contributed by atoms with Crippen LogP contribution in [0, 0.1) is 0 Å². The summed E-state index contributed by atoms with van der Waals surface area (Å²) < 4.78 is 0. The molecule has 0 atom stereocenters. The number of carbonyl (C=O) groups excluding carboxylic acids is 1. The van der Waals surface area contributed by atoms with Crippen molar-refractivity contribution < 1.29 is 9.90 Å². The number of amides is 1. The number of anilines is 1. The molecule has 2 aromatic carbocycles. The summed E-state index contributed by atoms with van der Waals surface area (Å²) in [7, 11) is 0. The predicted octanol–water partition coefficient (Wildman–Crippen LogP) is 3.56. The number of rotatable bonds is 2.